The minimum Gasteiger partial charge on any atom is -0.458 e. The van der Waals surface area contributed by atoms with Gasteiger partial charge in [0.25, 0.3) is 0 Å². The van der Waals surface area contributed by atoms with E-state index in [-0.39, 0.29) is 18.2 Å². The quantitative estimate of drug-likeness (QED) is 0.185. The summed E-state index contributed by atoms with van der Waals surface area (Å²) < 4.78 is 7.20. The van der Waals surface area contributed by atoms with Crippen molar-refractivity contribution in [2.75, 3.05) is 4.90 Å². The molecule has 7 aromatic rings. The van der Waals surface area contributed by atoms with E-state index in [1.54, 1.807) is 0 Å². The highest BCUT2D eigenvalue weighted by molar-refractivity contribution is 5.99. The van der Waals surface area contributed by atoms with Crippen molar-refractivity contribution in [1.82, 2.24) is 10.6 Å². The molecule has 0 radical (unpaired) electrons. The number of aliphatic imine (C=N–C) groups is 1. The number of rotatable bonds is 6. The first-order valence-corrected chi connectivity index (χ1v) is 18.0. The molecule has 0 bridgehead atoms. The number of nitrogens with one attached hydrogen (secondary N) is 2. The summed E-state index contributed by atoms with van der Waals surface area (Å²) in [4.78, 5) is 7.54. The molecule has 0 saturated carbocycles. The van der Waals surface area contributed by atoms with Crippen LogP contribution in [0.15, 0.2) is 175 Å². The Morgan fingerprint density at radius 3 is 2.17 bits per heavy atom. The second-order valence-corrected chi connectivity index (χ2v) is 13.6. The lowest BCUT2D eigenvalue weighted by Gasteiger charge is -2.34. The van der Waals surface area contributed by atoms with Gasteiger partial charge in [0.05, 0.1) is 11.6 Å². The van der Waals surface area contributed by atoms with Gasteiger partial charge >= 0.3 is 0 Å². The van der Waals surface area contributed by atoms with Gasteiger partial charge in [0.1, 0.15) is 23.9 Å². The van der Waals surface area contributed by atoms with Gasteiger partial charge in [0.2, 0.25) is 0 Å². The van der Waals surface area contributed by atoms with Crippen molar-refractivity contribution in [3.63, 3.8) is 0 Å². The van der Waals surface area contributed by atoms with Gasteiger partial charge in [-0.15, -0.1) is 0 Å². The van der Waals surface area contributed by atoms with Gasteiger partial charge in [0.15, 0.2) is 5.75 Å². The minimum absolute atomic E-state index is 0.0619. The summed E-state index contributed by atoms with van der Waals surface area (Å²) in [5.74, 6) is 2.83. The predicted octanol–water partition coefficient (Wildman–Crippen LogP) is 9.12. The second kappa shape index (κ2) is 12.7. The highest BCUT2D eigenvalue weighted by atomic mass is 16.5. The number of para-hydroxylation sites is 1. The number of hydrogen-bond donors (Lipinski definition) is 2. The van der Waals surface area contributed by atoms with Gasteiger partial charge < -0.3 is 15.0 Å². The average Bonchev–Trinajstić information content (AvgIpc) is 3.63. The monoisotopic (exact) mass is 672 g/mol. The van der Waals surface area contributed by atoms with E-state index >= 15 is 0 Å². The van der Waals surface area contributed by atoms with Gasteiger partial charge in [-0.05, 0) is 63.9 Å². The van der Waals surface area contributed by atoms with Gasteiger partial charge in [-0.2, -0.15) is 0 Å². The second-order valence-electron chi connectivity index (χ2n) is 13.6. The lowest BCUT2D eigenvalue weighted by atomic mass is 9.86. The fourth-order valence-corrected chi connectivity index (χ4v) is 8.01. The molecule has 0 fully saturated rings. The van der Waals surface area contributed by atoms with Crippen LogP contribution in [-0.4, -0.2) is 5.84 Å². The van der Waals surface area contributed by atoms with Crippen LogP contribution < -0.4 is 30.7 Å². The third kappa shape index (κ3) is 5.26. The molecule has 7 aromatic carbocycles. The maximum atomic E-state index is 7.20. The molecular weight excluding hydrogens is 637 g/mol. The van der Waals surface area contributed by atoms with Crippen molar-refractivity contribution < 1.29 is 4.74 Å². The highest BCUT2D eigenvalue weighted by Gasteiger charge is 2.40. The molecular formula is C47H36N4O. The molecule has 250 valence electrons. The molecule has 5 heteroatoms. The van der Waals surface area contributed by atoms with Crippen molar-refractivity contribution in [3.05, 3.63) is 203 Å². The molecule has 3 unspecified atom stereocenters. The van der Waals surface area contributed by atoms with E-state index in [9.17, 15) is 0 Å². The predicted molar refractivity (Wildman–Crippen MR) is 211 cm³/mol. The molecule has 0 amide bonds. The molecule has 0 aromatic heterocycles. The molecule has 3 atom stereocenters. The number of hydrogen-bond acceptors (Lipinski definition) is 5. The van der Waals surface area contributed by atoms with E-state index in [0.717, 1.165) is 62.7 Å². The Bertz CT molecular complexity index is 2600. The molecule has 2 heterocycles. The summed E-state index contributed by atoms with van der Waals surface area (Å²) in [5.41, 5.74) is 7.68. The van der Waals surface area contributed by atoms with Crippen LogP contribution in [0.25, 0.3) is 22.6 Å². The Kier molecular flexibility index (Phi) is 7.43. The van der Waals surface area contributed by atoms with Crippen LogP contribution in [0.2, 0.25) is 0 Å². The maximum Gasteiger partial charge on any atom is 0.155 e. The molecule has 2 aliphatic heterocycles. The van der Waals surface area contributed by atoms with Crippen molar-refractivity contribution in [3.8, 4) is 5.75 Å². The summed E-state index contributed by atoms with van der Waals surface area (Å²) in [7, 11) is 0. The van der Waals surface area contributed by atoms with Crippen LogP contribution in [0, 0.1) is 0 Å². The molecule has 10 rings (SSSR count). The summed E-state index contributed by atoms with van der Waals surface area (Å²) in [6.45, 7) is 0. The minimum atomic E-state index is -0.235. The van der Waals surface area contributed by atoms with E-state index in [0.29, 0.717) is 0 Å². The zero-order valence-corrected chi connectivity index (χ0v) is 28.5. The summed E-state index contributed by atoms with van der Waals surface area (Å²) in [6, 6.07) is 59.9. The number of ether oxygens (including phenoxy) is 1. The first kappa shape index (κ1) is 30.4. The van der Waals surface area contributed by atoms with Crippen LogP contribution in [-0.2, 0) is 0 Å². The van der Waals surface area contributed by atoms with Crippen LogP contribution in [0.3, 0.4) is 0 Å². The first-order chi connectivity index (χ1) is 25.8. The van der Waals surface area contributed by atoms with Crippen LogP contribution in [0.5, 0.6) is 5.75 Å². The average molecular weight is 673 g/mol. The van der Waals surface area contributed by atoms with Crippen LogP contribution >= 0.6 is 0 Å². The number of anilines is 3. The lowest BCUT2D eigenvalue weighted by Crippen LogP contribution is -2.45. The fraction of sp³-hybridized carbons (Fsp3) is 0.0851. The van der Waals surface area contributed by atoms with Crippen molar-refractivity contribution >= 4 is 45.5 Å². The Balaban J connectivity index is 1.18. The van der Waals surface area contributed by atoms with Gasteiger partial charge in [-0.1, -0.05) is 146 Å². The molecule has 5 nitrogen and oxygen atoms in total. The molecule has 1 aliphatic carbocycles. The van der Waals surface area contributed by atoms with E-state index in [4.69, 9.17) is 9.73 Å². The SMILES string of the molecule is C1=c2ccccc2=C2Oc3c(N(c4ccccc4)c4ccc5ccccc5c4)ccc(C4NC(c5ccccc5)=NC(c5ccccc5)N4)c3C2C1. The number of nitrogens with zero attached hydrogens (tertiary/aromatic N) is 2. The zero-order valence-electron chi connectivity index (χ0n) is 28.5. The molecule has 52 heavy (non-hydrogen) atoms. The van der Waals surface area contributed by atoms with Crippen LogP contribution in [0.1, 0.15) is 46.9 Å². The maximum absolute atomic E-state index is 7.20. The van der Waals surface area contributed by atoms with Crippen molar-refractivity contribution in [2.24, 2.45) is 4.99 Å². The first-order valence-electron chi connectivity index (χ1n) is 18.0. The van der Waals surface area contributed by atoms with Gasteiger partial charge in [-0.3, -0.25) is 5.32 Å². The van der Waals surface area contributed by atoms with E-state index in [1.165, 1.54) is 21.6 Å². The van der Waals surface area contributed by atoms with E-state index < -0.39 is 0 Å². The summed E-state index contributed by atoms with van der Waals surface area (Å²) >= 11 is 0. The molecule has 2 N–H and O–H groups in total. The Morgan fingerprint density at radius 2 is 1.35 bits per heavy atom. The normalized spacial score (nSPS) is 18.6. The summed E-state index contributed by atoms with van der Waals surface area (Å²) in [5, 5.41) is 12.5. The Hall–Kier alpha value is -6.43. The van der Waals surface area contributed by atoms with Crippen LogP contribution in [0.4, 0.5) is 17.1 Å². The third-order valence-electron chi connectivity index (χ3n) is 10.5. The van der Waals surface area contributed by atoms with Gasteiger partial charge in [0, 0.05) is 27.7 Å². The fourth-order valence-electron chi connectivity index (χ4n) is 8.01. The third-order valence-corrected chi connectivity index (χ3v) is 10.5. The van der Waals surface area contributed by atoms with Gasteiger partial charge in [-0.25, -0.2) is 4.99 Å². The zero-order chi connectivity index (χ0) is 34.4. The van der Waals surface area contributed by atoms with Crippen molar-refractivity contribution in [2.45, 2.75) is 24.7 Å². The van der Waals surface area contributed by atoms with E-state index in [2.05, 4.69) is 185 Å². The lowest BCUT2D eigenvalue weighted by molar-refractivity contribution is 0.406. The number of benzene rings is 7. The Labute approximate surface area is 302 Å². The van der Waals surface area contributed by atoms with Crippen molar-refractivity contribution in [1.29, 1.82) is 0 Å². The smallest absolute Gasteiger partial charge is 0.155 e. The number of fused-ring (bicyclic) bond motifs is 5. The molecule has 3 aliphatic rings. The largest absolute Gasteiger partial charge is 0.458 e. The topological polar surface area (TPSA) is 48.9 Å². The Morgan fingerprint density at radius 1 is 0.635 bits per heavy atom. The highest BCUT2D eigenvalue weighted by Crippen LogP contribution is 2.54. The summed E-state index contributed by atoms with van der Waals surface area (Å²) in [6.07, 6.45) is 2.75. The number of amidine groups is 1. The standard InChI is InChI=1S/C47H36N4O/c1-4-16-33(17-5-1)45-48-46(34-18-6-2-7-19-34)50-47(49-45)40-28-29-41(44-42(40)39-27-25-32-15-12-13-23-38(32)43(39)52-44)51(36-21-8-3-9-22-36)37-26-24-31-14-10-11-20-35(31)30-37/h1-26,28-30,39,45,47,49H,27H2,(H,48,50). The molecule has 0 spiro atoms. The van der Waals surface area contributed by atoms with E-state index in [1.807, 2.05) is 6.07 Å². The molecule has 0 saturated heterocycles.